The van der Waals surface area contributed by atoms with Crippen LogP contribution in [0.3, 0.4) is 0 Å². The third-order valence-electron chi connectivity index (χ3n) is 5.03. The number of hydrogen-bond acceptors (Lipinski definition) is 2. The van der Waals surface area contributed by atoms with E-state index in [-0.39, 0.29) is 0 Å². The summed E-state index contributed by atoms with van der Waals surface area (Å²) in [5.74, 6) is 0.880. The molecule has 1 saturated carbocycles. The van der Waals surface area contributed by atoms with Crippen LogP contribution in [-0.2, 0) is 10.2 Å². The zero-order chi connectivity index (χ0) is 14.7. The van der Waals surface area contributed by atoms with Crippen molar-refractivity contribution >= 4 is 0 Å². The summed E-state index contributed by atoms with van der Waals surface area (Å²) >= 11 is 0. The molecule has 0 aromatic heterocycles. The van der Waals surface area contributed by atoms with Crippen molar-refractivity contribution in [3.8, 4) is 0 Å². The second kappa shape index (κ2) is 6.50. The zero-order valence-corrected chi connectivity index (χ0v) is 13.5. The highest BCUT2D eigenvalue weighted by Gasteiger charge is 2.31. The monoisotopic (exact) mass is 287 g/mol. The maximum atomic E-state index is 5.71. The molecule has 0 aliphatic heterocycles. The van der Waals surface area contributed by atoms with Crippen LogP contribution in [0, 0.1) is 5.92 Å². The van der Waals surface area contributed by atoms with E-state index in [0.29, 0.717) is 11.5 Å². The predicted molar refractivity (Wildman–Crippen MR) is 87.6 cm³/mol. The van der Waals surface area contributed by atoms with Crippen molar-refractivity contribution in [1.82, 2.24) is 5.32 Å². The number of hydrogen-bond donors (Lipinski definition) is 1. The van der Waals surface area contributed by atoms with Crippen LogP contribution in [-0.4, -0.2) is 19.8 Å². The molecule has 1 unspecified atom stereocenters. The lowest BCUT2D eigenvalue weighted by Gasteiger charge is -2.37. The molecule has 0 spiro atoms. The summed E-state index contributed by atoms with van der Waals surface area (Å²) in [5.41, 5.74) is 3.36. The van der Waals surface area contributed by atoms with Crippen molar-refractivity contribution < 1.29 is 4.74 Å². The zero-order valence-electron chi connectivity index (χ0n) is 13.5. The molecule has 2 nitrogen and oxygen atoms in total. The topological polar surface area (TPSA) is 21.3 Å². The van der Waals surface area contributed by atoms with Crippen molar-refractivity contribution in [3.05, 3.63) is 35.4 Å². The van der Waals surface area contributed by atoms with Gasteiger partial charge in [-0.2, -0.15) is 0 Å². The number of benzene rings is 1. The maximum Gasteiger partial charge on any atom is 0.0494 e. The molecule has 1 aromatic rings. The van der Waals surface area contributed by atoms with Gasteiger partial charge in [-0.25, -0.2) is 0 Å². The summed E-state index contributed by atoms with van der Waals surface area (Å²) in [4.78, 5) is 0. The third kappa shape index (κ3) is 3.87. The van der Waals surface area contributed by atoms with Crippen LogP contribution < -0.4 is 5.32 Å². The quantitative estimate of drug-likeness (QED) is 0.759. The normalized spacial score (nSPS) is 23.8. The van der Waals surface area contributed by atoms with Crippen molar-refractivity contribution in [2.24, 2.45) is 5.92 Å². The Balaban J connectivity index is 1.47. The first-order valence-electron chi connectivity index (χ1n) is 8.57. The summed E-state index contributed by atoms with van der Waals surface area (Å²) < 4.78 is 5.71. The van der Waals surface area contributed by atoms with Crippen molar-refractivity contribution in [2.75, 3.05) is 19.8 Å². The maximum absolute atomic E-state index is 5.71. The Bertz CT molecular complexity index is 464. The molecular formula is C19H29NO. The Morgan fingerprint density at radius 2 is 2.00 bits per heavy atom. The van der Waals surface area contributed by atoms with Gasteiger partial charge in [-0.1, -0.05) is 38.1 Å². The van der Waals surface area contributed by atoms with Crippen LogP contribution in [0.2, 0.25) is 0 Å². The number of nitrogens with one attached hydrogen (secondary N) is 1. The van der Waals surface area contributed by atoms with Gasteiger partial charge in [0.1, 0.15) is 0 Å². The van der Waals surface area contributed by atoms with Gasteiger partial charge in [0.05, 0.1) is 0 Å². The minimum absolute atomic E-state index is 0.322. The van der Waals surface area contributed by atoms with E-state index >= 15 is 0 Å². The fourth-order valence-electron chi connectivity index (χ4n) is 3.41. The van der Waals surface area contributed by atoms with Crippen molar-refractivity contribution in [3.63, 3.8) is 0 Å². The van der Waals surface area contributed by atoms with Gasteiger partial charge in [0.25, 0.3) is 0 Å². The summed E-state index contributed by atoms with van der Waals surface area (Å²) in [7, 11) is 0. The molecule has 1 atom stereocenters. The van der Waals surface area contributed by atoms with E-state index in [1.807, 2.05) is 0 Å². The molecule has 0 bridgehead atoms. The van der Waals surface area contributed by atoms with Crippen LogP contribution in [0.25, 0.3) is 0 Å². The van der Waals surface area contributed by atoms with Gasteiger partial charge in [0.2, 0.25) is 0 Å². The molecular weight excluding hydrogens is 258 g/mol. The van der Waals surface area contributed by atoms with Gasteiger partial charge in [-0.3, -0.25) is 0 Å². The molecule has 0 saturated heterocycles. The largest absolute Gasteiger partial charge is 0.381 e. The number of fused-ring (bicyclic) bond motifs is 1. The Labute approximate surface area is 129 Å². The first kappa shape index (κ1) is 15.1. The number of rotatable bonds is 7. The lowest BCUT2D eigenvalue weighted by atomic mass is 9.71. The second-order valence-corrected chi connectivity index (χ2v) is 7.39. The highest BCUT2D eigenvalue weighted by Crippen LogP contribution is 2.41. The molecule has 2 aliphatic rings. The van der Waals surface area contributed by atoms with E-state index in [4.69, 9.17) is 4.74 Å². The van der Waals surface area contributed by atoms with Crippen molar-refractivity contribution in [2.45, 2.75) is 57.4 Å². The van der Waals surface area contributed by atoms with Gasteiger partial charge in [0, 0.05) is 19.3 Å². The summed E-state index contributed by atoms with van der Waals surface area (Å²) in [6.07, 6.45) is 6.39. The molecule has 2 heteroatoms. The smallest absolute Gasteiger partial charge is 0.0494 e. The Morgan fingerprint density at radius 1 is 1.19 bits per heavy atom. The SMILES string of the molecule is CC1(C)CCC(NCCCOCC2CC2)c2ccccc21. The second-order valence-electron chi connectivity index (χ2n) is 7.39. The Morgan fingerprint density at radius 3 is 2.81 bits per heavy atom. The van der Waals surface area contributed by atoms with Gasteiger partial charge < -0.3 is 10.1 Å². The van der Waals surface area contributed by atoms with Crippen molar-refractivity contribution in [1.29, 1.82) is 0 Å². The Kier molecular flexibility index (Phi) is 4.66. The summed E-state index contributed by atoms with van der Waals surface area (Å²) in [5, 5.41) is 3.74. The lowest BCUT2D eigenvalue weighted by Crippen LogP contribution is -2.33. The summed E-state index contributed by atoms with van der Waals surface area (Å²) in [6, 6.07) is 9.49. The average molecular weight is 287 g/mol. The molecule has 116 valence electrons. The average Bonchev–Trinajstić information content (AvgIpc) is 3.29. The molecule has 3 rings (SSSR count). The Hall–Kier alpha value is -0.860. The van der Waals surface area contributed by atoms with Crippen LogP contribution in [0.5, 0.6) is 0 Å². The molecule has 21 heavy (non-hydrogen) atoms. The first-order chi connectivity index (χ1) is 10.2. The standard InChI is InChI=1S/C19H29NO/c1-19(2)11-10-18(16-6-3-4-7-17(16)19)20-12-5-13-21-14-15-8-9-15/h3-4,6-7,15,18,20H,5,8-14H2,1-2H3. The fourth-order valence-corrected chi connectivity index (χ4v) is 3.41. The predicted octanol–water partition coefficient (Wildman–Crippen LogP) is 4.21. The van der Waals surface area contributed by atoms with E-state index < -0.39 is 0 Å². The van der Waals surface area contributed by atoms with Gasteiger partial charge >= 0.3 is 0 Å². The van der Waals surface area contributed by atoms with Gasteiger partial charge in [-0.15, -0.1) is 0 Å². The molecule has 1 fully saturated rings. The van der Waals surface area contributed by atoms with E-state index in [1.165, 1.54) is 36.8 Å². The minimum atomic E-state index is 0.322. The van der Waals surface area contributed by atoms with Gasteiger partial charge in [-0.05, 0) is 61.1 Å². The molecule has 1 aromatic carbocycles. The van der Waals surface area contributed by atoms with Crippen LogP contribution in [0.1, 0.15) is 63.1 Å². The van der Waals surface area contributed by atoms with Crippen LogP contribution >= 0.6 is 0 Å². The molecule has 0 amide bonds. The molecule has 0 heterocycles. The van der Waals surface area contributed by atoms with Crippen LogP contribution in [0.4, 0.5) is 0 Å². The minimum Gasteiger partial charge on any atom is -0.381 e. The van der Waals surface area contributed by atoms with E-state index in [2.05, 4.69) is 43.4 Å². The highest BCUT2D eigenvalue weighted by atomic mass is 16.5. The van der Waals surface area contributed by atoms with E-state index in [9.17, 15) is 0 Å². The van der Waals surface area contributed by atoms with Crippen LogP contribution in [0.15, 0.2) is 24.3 Å². The van der Waals surface area contributed by atoms with E-state index in [1.54, 1.807) is 0 Å². The third-order valence-corrected chi connectivity index (χ3v) is 5.03. The highest BCUT2D eigenvalue weighted by molar-refractivity contribution is 5.38. The first-order valence-corrected chi connectivity index (χ1v) is 8.57. The lowest BCUT2D eigenvalue weighted by molar-refractivity contribution is 0.121. The van der Waals surface area contributed by atoms with E-state index in [0.717, 1.165) is 32.1 Å². The molecule has 0 radical (unpaired) electrons. The molecule has 2 aliphatic carbocycles. The van der Waals surface area contributed by atoms with Gasteiger partial charge in [0.15, 0.2) is 0 Å². The number of ether oxygens (including phenoxy) is 1. The fraction of sp³-hybridized carbons (Fsp3) is 0.684. The summed E-state index contributed by atoms with van der Waals surface area (Å²) in [6.45, 7) is 7.69. The molecule has 1 N–H and O–H groups in total.